The molecule has 1 rings (SSSR count). The van der Waals surface area contributed by atoms with Gasteiger partial charge in [-0.25, -0.2) is 0 Å². The Morgan fingerprint density at radius 1 is 1.10 bits per heavy atom. The van der Waals surface area contributed by atoms with E-state index in [-0.39, 0.29) is 0 Å². The third-order valence-corrected chi connectivity index (χ3v) is 3.39. The summed E-state index contributed by atoms with van der Waals surface area (Å²) in [6.45, 7) is 6.59. The maximum Gasteiger partial charge on any atom is 0.124 e. The quantitative estimate of drug-likeness (QED) is 0.622. The molecule has 0 radical (unpaired) electrons. The highest BCUT2D eigenvalue weighted by atomic mass is 16.5. The molecule has 1 aromatic rings. The first-order valence-electron chi connectivity index (χ1n) is 7.77. The molecule has 0 aliphatic carbocycles. The molecule has 1 atom stereocenters. The van der Waals surface area contributed by atoms with Crippen molar-refractivity contribution in [2.24, 2.45) is 0 Å². The Labute approximate surface area is 123 Å². The molecule has 0 bridgehead atoms. The van der Waals surface area contributed by atoms with E-state index < -0.39 is 0 Å². The van der Waals surface area contributed by atoms with Crippen molar-refractivity contribution in [3.63, 3.8) is 0 Å². The van der Waals surface area contributed by atoms with Crippen LogP contribution in [0.4, 0.5) is 0 Å². The van der Waals surface area contributed by atoms with Crippen LogP contribution >= 0.6 is 0 Å². The van der Waals surface area contributed by atoms with Crippen LogP contribution in [0.5, 0.6) is 5.75 Å². The molecule has 0 heterocycles. The molecule has 3 nitrogen and oxygen atoms in total. The zero-order valence-electron chi connectivity index (χ0n) is 13.2. The molecule has 0 spiro atoms. The van der Waals surface area contributed by atoms with Crippen molar-refractivity contribution in [3.8, 4) is 5.75 Å². The summed E-state index contributed by atoms with van der Waals surface area (Å²) in [5, 5.41) is 3.58. The molecular weight excluding hydrogens is 250 g/mol. The lowest BCUT2D eigenvalue weighted by Gasteiger charge is -2.21. The van der Waals surface area contributed by atoms with Crippen LogP contribution in [-0.2, 0) is 4.74 Å². The number of hydrogen-bond donors (Lipinski definition) is 1. The molecule has 1 unspecified atom stereocenters. The summed E-state index contributed by atoms with van der Waals surface area (Å²) >= 11 is 0. The topological polar surface area (TPSA) is 30.5 Å². The van der Waals surface area contributed by atoms with Gasteiger partial charge in [-0.15, -0.1) is 0 Å². The van der Waals surface area contributed by atoms with Gasteiger partial charge in [0.05, 0.1) is 6.61 Å². The first kappa shape index (κ1) is 17.0. The van der Waals surface area contributed by atoms with Crippen LogP contribution in [0.1, 0.15) is 51.1 Å². The van der Waals surface area contributed by atoms with Crippen molar-refractivity contribution in [3.05, 3.63) is 29.8 Å². The molecule has 1 N–H and O–H groups in total. The van der Waals surface area contributed by atoms with Crippen molar-refractivity contribution in [1.82, 2.24) is 5.32 Å². The standard InChI is InChI=1S/C17H29NO2/c1-4-6-7-11-16(18-5-2)15-10-8-9-12-17(15)20-14-13-19-3/h8-10,12,16,18H,4-7,11,13-14H2,1-3H3. The van der Waals surface area contributed by atoms with Gasteiger partial charge < -0.3 is 14.8 Å². The van der Waals surface area contributed by atoms with E-state index in [1.54, 1.807) is 7.11 Å². The molecular formula is C17H29NO2. The van der Waals surface area contributed by atoms with Crippen LogP contribution in [0.3, 0.4) is 0 Å². The van der Waals surface area contributed by atoms with Gasteiger partial charge in [-0.1, -0.05) is 51.3 Å². The molecule has 0 saturated heterocycles. The van der Waals surface area contributed by atoms with Gasteiger partial charge in [0.15, 0.2) is 0 Å². The summed E-state index contributed by atoms with van der Waals surface area (Å²) in [4.78, 5) is 0. The van der Waals surface area contributed by atoms with Gasteiger partial charge in [0.2, 0.25) is 0 Å². The Kier molecular flexibility index (Phi) is 9.09. The van der Waals surface area contributed by atoms with Crippen molar-refractivity contribution >= 4 is 0 Å². The maximum absolute atomic E-state index is 5.85. The molecule has 0 amide bonds. The van der Waals surface area contributed by atoms with E-state index in [0.29, 0.717) is 19.3 Å². The highest BCUT2D eigenvalue weighted by Crippen LogP contribution is 2.28. The van der Waals surface area contributed by atoms with Crippen LogP contribution in [0.25, 0.3) is 0 Å². The average Bonchev–Trinajstić information content (AvgIpc) is 2.47. The van der Waals surface area contributed by atoms with Crippen molar-refractivity contribution in [2.75, 3.05) is 26.9 Å². The minimum absolute atomic E-state index is 0.380. The Hall–Kier alpha value is -1.06. The molecule has 3 heteroatoms. The third-order valence-electron chi connectivity index (χ3n) is 3.39. The van der Waals surface area contributed by atoms with E-state index in [9.17, 15) is 0 Å². The lowest BCUT2D eigenvalue weighted by molar-refractivity contribution is 0.145. The summed E-state index contributed by atoms with van der Waals surface area (Å²) in [5.41, 5.74) is 1.27. The fourth-order valence-electron chi connectivity index (χ4n) is 2.35. The smallest absolute Gasteiger partial charge is 0.124 e. The lowest BCUT2D eigenvalue weighted by atomic mass is 9.99. The summed E-state index contributed by atoms with van der Waals surface area (Å²) in [6, 6.07) is 8.71. The second-order valence-electron chi connectivity index (χ2n) is 4.99. The van der Waals surface area contributed by atoms with E-state index in [0.717, 1.165) is 18.7 Å². The largest absolute Gasteiger partial charge is 0.491 e. The van der Waals surface area contributed by atoms with E-state index >= 15 is 0 Å². The minimum Gasteiger partial charge on any atom is -0.491 e. The SMILES string of the molecule is CCCCCC(NCC)c1ccccc1OCCOC. The van der Waals surface area contributed by atoms with Crippen LogP contribution in [-0.4, -0.2) is 26.9 Å². The van der Waals surface area contributed by atoms with Gasteiger partial charge in [0, 0.05) is 18.7 Å². The normalized spacial score (nSPS) is 12.3. The van der Waals surface area contributed by atoms with E-state index in [1.807, 2.05) is 6.07 Å². The number of hydrogen-bond acceptors (Lipinski definition) is 3. The molecule has 0 aromatic heterocycles. The second-order valence-corrected chi connectivity index (χ2v) is 4.99. The molecule has 20 heavy (non-hydrogen) atoms. The maximum atomic E-state index is 5.85. The highest BCUT2D eigenvalue weighted by molar-refractivity contribution is 5.36. The fraction of sp³-hybridized carbons (Fsp3) is 0.647. The number of unbranched alkanes of at least 4 members (excludes halogenated alkanes) is 2. The zero-order valence-corrected chi connectivity index (χ0v) is 13.2. The highest BCUT2D eigenvalue weighted by Gasteiger charge is 2.14. The predicted molar refractivity (Wildman–Crippen MR) is 84.4 cm³/mol. The molecule has 0 aliphatic rings. The van der Waals surface area contributed by atoms with Crippen LogP contribution in [0, 0.1) is 0 Å². The zero-order chi connectivity index (χ0) is 14.6. The van der Waals surface area contributed by atoms with E-state index in [2.05, 4.69) is 37.4 Å². The number of nitrogens with one attached hydrogen (secondary N) is 1. The van der Waals surface area contributed by atoms with Crippen molar-refractivity contribution < 1.29 is 9.47 Å². The number of ether oxygens (including phenoxy) is 2. The number of rotatable bonds is 11. The summed E-state index contributed by atoms with van der Waals surface area (Å²) < 4.78 is 10.9. The monoisotopic (exact) mass is 279 g/mol. The van der Waals surface area contributed by atoms with Crippen LogP contribution in [0.2, 0.25) is 0 Å². The van der Waals surface area contributed by atoms with Gasteiger partial charge in [-0.05, 0) is 19.0 Å². The minimum atomic E-state index is 0.380. The Morgan fingerprint density at radius 3 is 2.60 bits per heavy atom. The Morgan fingerprint density at radius 2 is 1.90 bits per heavy atom. The van der Waals surface area contributed by atoms with Crippen molar-refractivity contribution in [1.29, 1.82) is 0 Å². The summed E-state index contributed by atoms with van der Waals surface area (Å²) in [7, 11) is 1.70. The predicted octanol–water partition coefficient (Wildman–Crippen LogP) is 3.94. The number of para-hydroxylation sites is 1. The lowest BCUT2D eigenvalue weighted by Crippen LogP contribution is -2.22. The number of benzene rings is 1. The molecule has 0 saturated carbocycles. The van der Waals surface area contributed by atoms with Gasteiger partial charge in [-0.2, -0.15) is 0 Å². The van der Waals surface area contributed by atoms with Crippen LogP contribution < -0.4 is 10.1 Å². The summed E-state index contributed by atoms with van der Waals surface area (Å²) in [6.07, 6.45) is 4.95. The second kappa shape index (κ2) is 10.7. The van der Waals surface area contributed by atoms with Gasteiger partial charge >= 0.3 is 0 Å². The summed E-state index contributed by atoms with van der Waals surface area (Å²) in [5.74, 6) is 0.979. The molecule has 114 valence electrons. The van der Waals surface area contributed by atoms with Gasteiger partial charge in [0.1, 0.15) is 12.4 Å². The number of methoxy groups -OCH3 is 1. The first-order chi connectivity index (χ1) is 9.83. The molecule has 0 fully saturated rings. The van der Waals surface area contributed by atoms with Gasteiger partial charge in [0.25, 0.3) is 0 Å². The van der Waals surface area contributed by atoms with Gasteiger partial charge in [-0.3, -0.25) is 0 Å². The Balaban J connectivity index is 2.71. The third kappa shape index (κ3) is 5.93. The Bertz CT molecular complexity index is 355. The fourth-order valence-corrected chi connectivity index (χ4v) is 2.35. The van der Waals surface area contributed by atoms with Crippen LogP contribution in [0.15, 0.2) is 24.3 Å². The first-order valence-corrected chi connectivity index (χ1v) is 7.77. The molecule has 1 aromatic carbocycles. The van der Waals surface area contributed by atoms with E-state index in [1.165, 1.54) is 24.8 Å². The molecule has 0 aliphatic heterocycles. The average molecular weight is 279 g/mol. The van der Waals surface area contributed by atoms with E-state index in [4.69, 9.17) is 9.47 Å². The van der Waals surface area contributed by atoms with Crippen molar-refractivity contribution in [2.45, 2.75) is 45.6 Å².